The first-order valence-corrected chi connectivity index (χ1v) is 8.25. The van der Waals surface area contributed by atoms with E-state index in [1.54, 1.807) is 7.11 Å². The molecule has 0 unspecified atom stereocenters. The van der Waals surface area contributed by atoms with Crippen LogP contribution in [0.3, 0.4) is 0 Å². The van der Waals surface area contributed by atoms with E-state index in [0.717, 1.165) is 31.1 Å². The number of methoxy groups -OCH3 is 1. The molecule has 1 saturated heterocycles. The lowest BCUT2D eigenvalue weighted by Crippen LogP contribution is -2.25. The second kappa shape index (κ2) is 7.45. The number of pyridine rings is 1. The normalized spacial score (nSPS) is 15.8. The van der Waals surface area contributed by atoms with Crippen molar-refractivity contribution >= 4 is 22.3 Å². The molecule has 22 heavy (non-hydrogen) atoms. The molecule has 0 aliphatic carbocycles. The quantitative estimate of drug-likeness (QED) is 0.855. The van der Waals surface area contributed by atoms with Crippen LogP contribution in [0.4, 0.5) is 11.5 Å². The topological polar surface area (TPSA) is 37.4 Å². The summed E-state index contributed by atoms with van der Waals surface area (Å²) in [5.41, 5.74) is 1.16. The van der Waals surface area contributed by atoms with Crippen LogP contribution in [-0.4, -0.2) is 38.3 Å². The van der Waals surface area contributed by atoms with Crippen LogP contribution < -0.4 is 10.2 Å². The molecule has 0 spiro atoms. The van der Waals surface area contributed by atoms with Gasteiger partial charge in [0.1, 0.15) is 5.82 Å². The summed E-state index contributed by atoms with van der Waals surface area (Å²) in [6.07, 6.45) is 7.15. The van der Waals surface area contributed by atoms with E-state index in [9.17, 15) is 0 Å². The van der Waals surface area contributed by atoms with Crippen molar-refractivity contribution in [2.24, 2.45) is 0 Å². The number of benzene rings is 1. The number of aromatic nitrogens is 1. The third-order valence-electron chi connectivity index (χ3n) is 4.31. The molecule has 0 amide bonds. The molecule has 0 bridgehead atoms. The molecule has 0 radical (unpaired) electrons. The Morgan fingerprint density at radius 1 is 1.09 bits per heavy atom. The van der Waals surface area contributed by atoms with Gasteiger partial charge in [0.25, 0.3) is 0 Å². The van der Waals surface area contributed by atoms with E-state index in [1.165, 1.54) is 36.5 Å². The first-order chi connectivity index (χ1) is 10.9. The molecule has 3 rings (SSSR count). The van der Waals surface area contributed by atoms with Crippen molar-refractivity contribution in [2.75, 3.05) is 43.6 Å². The average Bonchev–Trinajstić information content (AvgIpc) is 2.84. The molecule has 2 heterocycles. The van der Waals surface area contributed by atoms with E-state index < -0.39 is 0 Å². The standard InChI is InChI=1S/C18H25N3O/c1-22-14-11-19-17-8-6-7-16-15(17)9-10-20-18(16)21-12-4-2-3-5-13-21/h6-10,19H,2-5,11-14H2,1H3. The van der Waals surface area contributed by atoms with Crippen molar-refractivity contribution in [3.63, 3.8) is 0 Å². The molecule has 4 nitrogen and oxygen atoms in total. The third-order valence-corrected chi connectivity index (χ3v) is 4.31. The molecule has 1 N–H and O–H groups in total. The molecule has 4 heteroatoms. The van der Waals surface area contributed by atoms with Gasteiger partial charge < -0.3 is 15.0 Å². The molecule has 1 aliphatic rings. The lowest BCUT2D eigenvalue weighted by Gasteiger charge is -2.23. The molecule has 118 valence electrons. The second-order valence-electron chi connectivity index (χ2n) is 5.86. The van der Waals surface area contributed by atoms with Crippen molar-refractivity contribution in [3.8, 4) is 0 Å². The molecule has 1 aromatic heterocycles. The van der Waals surface area contributed by atoms with Gasteiger partial charge in [-0.25, -0.2) is 4.98 Å². The van der Waals surface area contributed by atoms with Crippen LogP contribution in [0.1, 0.15) is 25.7 Å². The summed E-state index contributed by atoms with van der Waals surface area (Å²) in [6, 6.07) is 8.53. The van der Waals surface area contributed by atoms with Gasteiger partial charge in [-0.3, -0.25) is 0 Å². The smallest absolute Gasteiger partial charge is 0.136 e. The molecule has 1 aliphatic heterocycles. The number of rotatable bonds is 5. The highest BCUT2D eigenvalue weighted by molar-refractivity contribution is 6.00. The minimum atomic E-state index is 0.709. The van der Waals surface area contributed by atoms with E-state index in [2.05, 4.69) is 39.5 Å². The Balaban J connectivity index is 1.92. The summed E-state index contributed by atoms with van der Waals surface area (Å²) in [6.45, 7) is 3.76. The van der Waals surface area contributed by atoms with Crippen LogP contribution in [0.5, 0.6) is 0 Å². The fourth-order valence-corrected chi connectivity index (χ4v) is 3.17. The van der Waals surface area contributed by atoms with Crippen LogP contribution in [-0.2, 0) is 4.74 Å². The Morgan fingerprint density at radius 3 is 2.68 bits per heavy atom. The van der Waals surface area contributed by atoms with Crippen molar-refractivity contribution in [3.05, 3.63) is 30.5 Å². The minimum Gasteiger partial charge on any atom is -0.383 e. The Hall–Kier alpha value is -1.81. The van der Waals surface area contributed by atoms with E-state index in [0.29, 0.717) is 6.61 Å². The van der Waals surface area contributed by atoms with Gasteiger partial charge >= 0.3 is 0 Å². The van der Waals surface area contributed by atoms with Gasteiger partial charge in [-0.05, 0) is 25.0 Å². The highest BCUT2D eigenvalue weighted by atomic mass is 16.5. The van der Waals surface area contributed by atoms with Crippen molar-refractivity contribution in [2.45, 2.75) is 25.7 Å². The number of hydrogen-bond donors (Lipinski definition) is 1. The first-order valence-electron chi connectivity index (χ1n) is 8.25. The largest absolute Gasteiger partial charge is 0.383 e. The van der Waals surface area contributed by atoms with E-state index in [1.807, 2.05) is 6.20 Å². The lowest BCUT2D eigenvalue weighted by atomic mass is 10.1. The number of anilines is 2. The summed E-state index contributed by atoms with van der Waals surface area (Å²) >= 11 is 0. The van der Waals surface area contributed by atoms with E-state index in [4.69, 9.17) is 4.74 Å². The van der Waals surface area contributed by atoms with Gasteiger partial charge in [0.05, 0.1) is 6.61 Å². The van der Waals surface area contributed by atoms with Gasteiger partial charge in [-0.2, -0.15) is 0 Å². The number of nitrogens with zero attached hydrogens (tertiary/aromatic N) is 2. The fourth-order valence-electron chi connectivity index (χ4n) is 3.17. The van der Waals surface area contributed by atoms with E-state index >= 15 is 0 Å². The summed E-state index contributed by atoms with van der Waals surface area (Å²) < 4.78 is 5.13. The molecule has 0 atom stereocenters. The zero-order valence-corrected chi connectivity index (χ0v) is 13.3. The van der Waals surface area contributed by atoms with Crippen LogP contribution in [0.15, 0.2) is 30.5 Å². The van der Waals surface area contributed by atoms with Gasteiger partial charge in [0.2, 0.25) is 0 Å². The first kappa shape index (κ1) is 15.1. The van der Waals surface area contributed by atoms with Crippen molar-refractivity contribution in [1.82, 2.24) is 4.98 Å². The molecule has 2 aromatic rings. The van der Waals surface area contributed by atoms with Gasteiger partial charge in [0.15, 0.2) is 0 Å². The Labute approximate surface area is 132 Å². The maximum Gasteiger partial charge on any atom is 0.136 e. The van der Waals surface area contributed by atoms with Crippen LogP contribution >= 0.6 is 0 Å². The molecular formula is C18H25N3O. The monoisotopic (exact) mass is 299 g/mol. The lowest BCUT2D eigenvalue weighted by molar-refractivity contribution is 0.211. The van der Waals surface area contributed by atoms with E-state index in [-0.39, 0.29) is 0 Å². The van der Waals surface area contributed by atoms with Crippen molar-refractivity contribution in [1.29, 1.82) is 0 Å². The Morgan fingerprint density at radius 2 is 1.91 bits per heavy atom. The molecule has 0 saturated carbocycles. The SMILES string of the molecule is COCCNc1cccc2c(N3CCCCCC3)nccc12. The summed E-state index contributed by atoms with van der Waals surface area (Å²) in [7, 11) is 1.73. The van der Waals surface area contributed by atoms with Gasteiger partial charge in [-0.15, -0.1) is 0 Å². The zero-order valence-electron chi connectivity index (χ0n) is 13.3. The van der Waals surface area contributed by atoms with Gasteiger partial charge in [0, 0.05) is 49.4 Å². The maximum absolute atomic E-state index is 5.13. The highest BCUT2D eigenvalue weighted by Gasteiger charge is 2.14. The highest BCUT2D eigenvalue weighted by Crippen LogP contribution is 2.30. The maximum atomic E-state index is 5.13. The molecule has 1 aromatic carbocycles. The van der Waals surface area contributed by atoms with Crippen molar-refractivity contribution < 1.29 is 4.74 Å². The average molecular weight is 299 g/mol. The molecular weight excluding hydrogens is 274 g/mol. The number of ether oxygens (including phenoxy) is 1. The van der Waals surface area contributed by atoms with Crippen LogP contribution in [0.2, 0.25) is 0 Å². The number of fused-ring (bicyclic) bond motifs is 1. The Kier molecular flexibility index (Phi) is 5.11. The fraction of sp³-hybridized carbons (Fsp3) is 0.500. The summed E-state index contributed by atoms with van der Waals surface area (Å²) in [5, 5.41) is 5.95. The summed E-state index contributed by atoms with van der Waals surface area (Å²) in [4.78, 5) is 7.14. The number of hydrogen-bond acceptors (Lipinski definition) is 4. The predicted molar refractivity (Wildman–Crippen MR) is 92.8 cm³/mol. The zero-order chi connectivity index (χ0) is 15.2. The second-order valence-corrected chi connectivity index (χ2v) is 5.86. The van der Waals surface area contributed by atoms with Crippen LogP contribution in [0.25, 0.3) is 10.8 Å². The Bertz CT molecular complexity index is 606. The van der Waals surface area contributed by atoms with Crippen LogP contribution in [0, 0.1) is 0 Å². The predicted octanol–water partition coefficient (Wildman–Crippen LogP) is 3.67. The minimum absolute atomic E-state index is 0.709. The number of nitrogens with one attached hydrogen (secondary N) is 1. The van der Waals surface area contributed by atoms with Gasteiger partial charge in [-0.1, -0.05) is 25.0 Å². The summed E-state index contributed by atoms with van der Waals surface area (Å²) in [5.74, 6) is 1.13. The third kappa shape index (κ3) is 3.33. The molecule has 1 fully saturated rings.